The molecule has 0 aromatic carbocycles. The van der Waals surface area contributed by atoms with Crippen LogP contribution in [0.15, 0.2) is 40.5 Å². The number of allylic oxidation sites excluding steroid dienone is 4. The largest absolute Gasteiger partial charge is 0.311 e. The molecule has 0 fully saturated rings. The summed E-state index contributed by atoms with van der Waals surface area (Å²) in [5.41, 5.74) is 0. The summed E-state index contributed by atoms with van der Waals surface area (Å²) in [7, 11) is 0. The highest BCUT2D eigenvalue weighted by atomic mass is 32.2. The maximum Gasteiger partial charge on any atom is 0.135 e. The minimum Gasteiger partial charge on any atom is -0.311 e. The second-order valence-corrected chi connectivity index (χ2v) is 2.95. The van der Waals surface area contributed by atoms with Crippen molar-refractivity contribution in [1.29, 1.82) is 0 Å². The molecule has 0 unspecified atom stereocenters. The summed E-state index contributed by atoms with van der Waals surface area (Å²) < 4.78 is 3.05. The van der Waals surface area contributed by atoms with Gasteiger partial charge < -0.3 is 4.72 Å². The van der Waals surface area contributed by atoms with Gasteiger partial charge in [0.15, 0.2) is 0 Å². The summed E-state index contributed by atoms with van der Waals surface area (Å²) in [6.45, 7) is 7.52. The molecule has 13 heavy (non-hydrogen) atoms. The second-order valence-electron chi connectivity index (χ2n) is 2.24. The lowest BCUT2D eigenvalue weighted by Crippen LogP contribution is -1.97. The van der Waals surface area contributed by atoms with Crippen LogP contribution in [-0.2, 0) is 0 Å². The molecule has 0 aliphatic heterocycles. The van der Waals surface area contributed by atoms with Crippen LogP contribution in [0.1, 0.15) is 20.3 Å². The molecule has 0 atom stereocenters. The Morgan fingerprint density at radius 1 is 1.62 bits per heavy atom. The van der Waals surface area contributed by atoms with Crippen molar-refractivity contribution in [2.24, 2.45) is 4.99 Å². The predicted octanol–water partition coefficient (Wildman–Crippen LogP) is 3.27. The van der Waals surface area contributed by atoms with Gasteiger partial charge in [0.05, 0.1) is 0 Å². The summed E-state index contributed by atoms with van der Waals surface area (Å²) in [6, 6.07) is 0. The summed E-state index contributed by atoms with van der Waals surface area (Å²) >= 11 is 1.49. The van der Waals surface area contributed by atoms with Gasteiger partial charge in [-0.25, -0.2) is 4.99 Å². The molecule has 2 nitrogen and oxygen atoms in total. The maximum atomic E-state index is 3.82. The Bertz CT molecular complexity index is 217. The molecule has 0 heterocycles. The average molecular weight is 196 g/mol. The summed E-state index contributed by atoms with van der Waals surface area (Å²) in [5, 5.41) is 1.99. The number of nitrogens with zero attached hydrogens (tertiary/aromatic N) is 1. The van der Waals surface area contributed by atoms with E-state index in [1.165, 1.54) is 11.9 Å². The molecule has 0 bridgehead atoms. The predicted molar refractivity (Wildman–Crippen MR) is 62.6 cm³/mol. The first-order valence-electron chi connectivity index (χ1n) is 4.21. The minimum absolute atomic E-state index is 0.767. The summed E-state index contributed by atoms with van der Waals surface area (Å²) in [5.74, 6) is 0.767. The number of hydrogen-bond donors (Lipinski definition) is 1. The highest BCUT2D eigenvalue weighted by molar-refractivity contribution is 8.00. The number of rotatable bonds is 6. The second kappa shape index (κ2) is 9.13. The van der Waals surface area contributed by atoms with Crippen LogP contribution < -0.4 is 4.72 Å². The van der Waals surface area contributed by atoms with Crippen molar-refractivity contribution >= 4 is 18.7 Å². The van der Waals surface area contributed by atoms with Gasteiger partial charge in [-0.15, -0.1) is 0 Å². The van der Waals surface area contributed by atoms with Gasteiger partial charge in [-0.05, 0) is 43.5 Å². The van der Waals surface area contributed by atoms with Gasteiger partial charge in [0.1, 0.15) is 5.82 Å². The molecule has 0 rings (SSSR count). The Morgan fingerprint density at radius 3 is 2.92 bits per heavy atom. The van der Waals surface area contributed by atoms with E-state index in [0.29, 0.717) is 0 Å². The first kappa shape index (κ1) is 12.0. The van der Waals surface area contributed by atoms with Gasteiger partial charge in [-0.3, -0.25) is 0 Å². The van der Waals surface area contributed by atoms with E-state index >= 15 is 0 Å². The summed E-state index contributed by atoms with van der Waals surface area (Å²) in [4.78, 5) is 3.82. The maximum absolute atomic E-state index is 3.82. The molecule has 0 saturated carbocycles. The monoisotopic (exact) mass is 196 g/mol. The van der Waals surface area contributed by atoms with Crippen molar-refractivity contribution in [3.8, 4) is 0 Å². The van der Waals surface area contributed by atoms with Crippen molar-refractivity contribution in [3.05, 3.63) is 35.5 Å². The standard InChI is InChI=1S/C10H16N2S/c1-4-6-8-10(11-3)12-13-9-7-5-2/h4,6-9,12H,3,5H2,1-2H3/b6-4-,9-7-,10-8+. The third kappa shape index (κ3) is 7.40. The van der Waals surface area contributed by atoms with Crippen molar-refractivity contribution < 1.29 is 0 Å². The number of aliphatic imine (C=N–C) groups is 1. The van der Waals surface area contributed by atoms with E-state index in [9.17, 15) is 0 Å². The van der Waals surface area contributed by atoms with Gasteiger partial charge in [0.25, 0.3) is 0 Å². The topological polar surface area (TPSA) is 24.4 Å². The minimum atomic E-state index is 0.767. The van der Waals surface area contributed by atoms with E-state index in [-0.39, 0.29) is 0 Å². The lowest BCUT2D eigenvalue weighted by atomic mass is 10.5. The molecule has 3 heteroatoms. The van der Waals surface area contributed by atoms with Crippen molar-refractivity contribution in [3.63, 3.8) is 0 Å². The quantitative estimate of drug-likeness (QED) is 0.400. The van der Waals surface area contributed by atoms with Gasteiger partial charge in [0.2, 0.25) is 0 Å². The zero-order valence-corrected chi connectivity index (χ0v) is 8.97. The number of hydrogen-bond acceptors (Lipinski definition) is 3. The van der Waals surface area contributed by atoms with E-state index in [1.807, 2.05) is 30.6 Å². The van der Waals surface area contributed by atoms with E-state index in [4.69, 9.17) is 0 Å². The van der Waals surface area contributed by atoms with Gasteiger partial charge in [-0.2, -0.15) is 0 Å². The van der Waals surface area contributed by atoms with Gasteiger partial charge in [-0.1, -0.05) is 25.2 Å². The van der Waals surface area contributed by atoms with Crippen LogP contribution in [0.5, 0.6) is 0 Å². The molecule has 0 aromatic heterocycles. The van der Waals surface area contributed by atoms with Crippen molar-refractivity contribution in [2.45, 2.75) is 20.3 Å². The third-order valence-electron chi connectivity index (χ3n) is 1.18. The lowest BCUT2D eigenvalue weighted by molar-refractivity contribution is 1.17. The van der Waals surface area contributed by atoms with Crippen LogP contribution in [0, 0.1) is 0 Å². The molecule has 0 aromatic rings. The molecular weight excluding hydrogens is 180 g/mol. The molecule has 0 amide bonds. The number of nitrogens with one attached hydrogen (secondary N) is 1. The smallest absolute Gasteiger partial charge is 0.135 e. The van der Waals surface area contributed by atoms with Gasteiger partial charge >= 0.3 is 0 Å². The molecule has 0 radical (unpaired) electrons. The molecule has 0 aliphatic rings. The zero-order chi connectivity index (χ0) is 9.94. The van der Waals surface area contributed by atoms with E-state index < -0.39 is 0 Å². The molecule has 0 aliphatic carbocycles. The third-order valence-corrected chi connectivity index (χ3v) is 1.84. The lowest BCUT2D eigenvalue weighted by Gasteiger charge is -1.99. The van der Waals surface area contributed by atoms with Crippen LogP contribution in [0.2, 0.25) is 0 Å². The molecular formula is C10H16N2S. The fraction of sp³-hybridized carbons (Fsp3) is 0.300. The van der Waals surface area contributed by atoms with Gasteiger partial charge in [0, 0.05) is 0 Å². The van der Waals surface area contributed by atoms with E-state index in [0.717, 1.165) is 12.2 Å². The van der Waals surface area contributed by atoms with E-state index in [1.54, 1.807) is 0 Å². The molecule has 1 N–H and O–H groups in total. The Balaban J connectivity index is 3.85. The first-order valence-corrected chi connectivity index (χ1v) is 5.09. The normalized spacial score (nSPS) is 12.6. The zero-order valence-electron chi connectivity index (χ0n) is 8.16. The molecule has 0 saturated heterocycles. The Morgan fingerprint density at radius 2 is 2.38 bits per heavy atom. The SMILES string of the molecule is C=N/C(=C\C=C/C)NS/C=C\CC. The fourth-order valence-corrected chi connectivity index (χ4v) is 1.16. The Labute approximate surface area is 84.7 Å². The van der Waals surface area contributed by atoms with Crippen LogP contribution in [-0.4, -0.2) is 6.72 Å². The molecule has 0 spiro atoms. The highest BCUT2D eigenvalue weighted by Crippen LogP contribution is 2.02. The van der Waals surface area contributed by atoms with E-state index in [2.05, 4.69) is 29.4 Å². The van der Waals surface area contributed by atoms with Crippen LogP contribution >= 0.6 is 11.9 Å². The first-order chi connectivity index (χ1) is 6.35. The average Bonchev–Trinajstić information content (AvgIpc) is 2.17. The fourth-order valence-electron chi connectivity index (χ4n) is 0.545. The highest BCUT2D eigenvalue weighted by Gasteiger charge is 1.86. The summed E-state index contributed by atoms with van der Waals surface area (Å²) in [6.07, 6.45) is 8.86. The van der Waals surface area contributed by atoms with Crippen LogP contribution in [0.25, 0.3) is 0 Å². The van der Waals surface area contributed by atoms with Crippen LogP contribution in [0.3, 0.4) is 0 Å². The van der Waals surface area contributed by atoms with Crippen molar-refractivity contribution in [1.82, 2.24) is 4.72 Å². The Hall–Kier alpha value is -0.960. The molecule has 72 valence electrons. The Kier molecular flexibility index (Phi) is 8.46. The van der Waals surface area contributed by atoms with Crippen molar-refractivity contribution in [2.75, 3.05) is 0 Å². The van der Waals surface area contributed by atoms with Crippen LogP contribution in [0.4, 0.5) is 0 Å².